The Hall–Kier alpha value is -5.74. The molecule has 3 heteroatoms. The molecule has 230 valence electrons. The topological polar surface area (TPSA) is 3.24 Å². The molecule has 0 spiro atoms. The zero-order valence-electron chi connectivity index (χ0n) is 26.5. The van der Waals surface area contributed by atoms with Gasteiger partial charge in [-0.1, -0.05) is 133 Å². The SMILES string of the molecule is c1ccc(N(c2ccc(-c3cccc4ccccc34)cc2)c2cccc3c2sc2ccccc23)c(-c2cccc3sc4ccccc4c23)c1. The summed E-state index contributed by atoms with van der Waals surface area (Å²) in [4.78, 5) is 2.48. The molecule has 0 aliphatic carbocycles. The summed E-state index contributed by atoms with van der Waals surface area (Å²) in [5.41, 5.74) is 8.41. The van der Waals surface area contributed by atoms with Crippen LogP contribution in [0.25, 0.3) is 73.4 Å². The third kappa shape index (κ3) is 4.58. The molecule has 0 aliphatic rings. The number of hydrogen-bond acceptors (Lipinski definition) is 3. The van der Waals surface area contributed by atoms with Crippen molar-refractivity contribution in [2.45, 2.75) is 0 Å². The maximum atomic E-state index is 2.48. The molecule has 10 aromatic rings. The fraction of sp³-hybridized carbons (Fsp3) is 0. The molecule has 2 heterocycles. The highest BCUT2D eigenvalue weighted by molar-refractivity contribution is 7.26. The Morgan fingerprint density at radius 2 is 0.918 bits per heavy atom. The number of rotatable bonds is 5. The summed E-state index contributed by atoms with van der Waals surface area (Å²) >= 11 is 3.74. The summed E-state index contributed by atoms with van der Waals surface area (Å²) in [6.45, 7) is 0. The molecule has 0 bridgehead atoms. The van der Waals surface area contributed by atoms with E-state index in [0.717, 1.165) is 11.4 Å². The molecule has 0 saturated heterocycles. The molecular weight excluding hydrogens is 631 g/mol. The highest BCUT2D eigenvalue weighted by Gasteiger charge is 2.22. The van der Waals surface area contributed by atoms with Crippen LogP contribution in [0.4, 0.5) is 17.1 Å². The van der Waals surface area contributed by atoms with Crippen molar-refractivity contribution in [2.24, 2.45) is 0 Å². The monoisotopic (exact) mass is 659 g/mol. The van der Waals surface area contributed by atoms with E-state index in [1.54, 1.807) is 0 Å². The molecule has 49 heavy (non-hydrogen) atoms. The van der Waals surface area contributed by atoms with Crippen LogP contribution in [-0.2, 0) is 0 Å². The van der Waals surface area contributed by atoms with E-state index in [4.69, 9.17) is 0 Å². The fourth-order valence-electron chi connectivity index (χ4n) is 7.48. The van der Waals surface area contributed by atoms with Crippen molar-refractivity contribution < 1.29 is 0 Å². The highest BCUT2D eigenvalue weighted by Crippen LogP contribution is 2.49. The number of fused-ring (bicyclic) bond motifs is 7. The van der Waals surface area contributed by atoms with Gasteiger partial charge >= 0.3 is 0 Å². The Labute approximate surface area is 292 Å². The van der Waals surface area contributed by atoms with Crippen molar-refractivity contribution in [3.8, 4) is 22.3 Å². The quantitative estimate of drug-likeness (QED) is 0.178. The average Bonchev–Trinajstić information content (AvgIpc) is 3.75. The highest BCUT2D eigenvalue weighted by atomic mass is 32.1. The Morgan fingerprint density at radius 3 is 1.80 bits per heavy atom. The van der Waals surface area contributed by atoms with Gasteiger partial charge in [-0.15, -0.1) is 22.7 Å². The maximum Gasteiger partial charge on any atom is 0.0640 e. The van der Waals surface area contributed by atoms with Gasteiger partial charge in [-0.25, -0.2) is 0 Å². The van der Waals surface area contributed by atoms with Crippen LogP contribution >= 0.6 is 22.7 Å². The minimum Gasteiger partial charge on any atom is -0.308 e. The first-order valence-corrected chi connectivity index (χ1v) is 18.2. The first kappa shape index (κ1) is 28.3. The summed E-state index contributed by atoms with van der Waals surface area (Å²) < 4.78 is 5.22. The van der Waals surface area contributed by atoms with Crippen LogP contribution in [0.3, 0.4) is 0 Å². The zero-order valence-corrected chi connectivity index (χ0v) is 28.1. The van der Waals surface area contributed by atoms with E-state index in [1.165, 1.54) is 79.1 Å². The third-order valence-corrected chi connectivity index (χ3v) is 12.0. The van der Waals surface area contributed by atoms with E-state index < -0.39 is 0 Å². The van der Waals surface area contributed by atoms with Gasteiger partial charge in [-0.2, -0.15) is 0 Å². The van der Waals surface area contributed by atoms with Gasteiger partial charge in [0.1, 0.15) is 0 Å². The number of hydrogen-bond donors (Lipinski definition) is 0. The summed E-state index contributed by atoms with van der Waals surface area (Å²) in [7, 11) is 0. The lowest BCUT2D eigenvalue weighted by Crippen LogP contribution is -2.11. The lowest BCUT2D eigenvalue weighted by molar-refractivity contribution is 1.30. The van der Waals surface area contributed by atoms with Crippen LogP contribution < -0.4 is 4.90 Å². The first-order valence-electron chi connectivity index (χ1n) is 16.6. The smallest absolute Gasteiger partial charge is 0.0640 e. The number of benzene rings is 8. The second-order valence-corrected chi connectivity index (χ2v) is 14.6. The average molecular weight is 660 g/mol. The van der Waals surface area contributed by atoms with Crippen molar-refractivity contribution in [1.82, 2.24) is 0 Å². The minimum absolute atomic E-state index is 1.13. The molecule has 0 atom stereocenters. The second kappa shape index (κ2) is 11.5. The van der Waals surface area contributed by atoms with Gasteiger partial charge in [-0.3, -0.25) is 0 Å². The molecule has 0 N–H and O–H groups in total. The molecule has 0 aliphatic heterocycles. The fourth-order valence-corrected chi connectivity index (χ4v) is 9.82. The number of nitrogens with zero attached hydrogens (tertiary/aromatic N) is 1. The lowest BCUT2D eigenvalue weighted by Gasteiger charge is -2.29. The van der Waals surface area contributed by atoms with Crippen molar-refractivity contribution in [1.29, 1.82) is 0 Å². The van der Waals surface area contributed by atoms with Gasteiger partial charge in [0.15, 0.2) is 0 Å². The van der Waals surface area contributed by atoms with Gasteiger partial charge in [0.25, 0.3) is 0 Å². The molecule has 2 aromatic heterocycles. The van der Waals surface area contributed by atoms with E-state index in [-0.39, 0.29) is 0 Å². The van der Waals surface area contributed by atoms with E-state index >= 15 is 0 Å². The minimum atomic E-state index is 1.13. The summed E-state index contributed by atoms with van der Waals surface area (Å²) in [5.74, 6) is 0. The van der Waals surface area contributed by atoms with Gasteiger partial charge in [0.05, 0.1) is 16.1 Å². The predicted octanol–water partition coefficient (Wildman–Crippen LogP) is 14.4. The van der Waals surface area contributed by atoms with Crippen molar-refractivity contribution in [3.63, 3.8) is 0 Å². The molecule has 0 amide bonds. The maximum absolute atomic E-state index is 2.48. The van der Waals surface area contributed by atoms with Crippen LogP contribution in [0.5, 0.6) is 0 Å². The molecule has 0 saturated carbocycles. The molecular formula is C46H29NS2. The Bertz CT molecular complexity index is 2830. The predicted molar refractivity (Wildman–Crippen MR) is 215 cm³/mol. The third-order valence-electron chi connectivity index (χ3n) is 9.69. The molecule has 0 unspecified atom stereocenters. The summed E-state index contributed by atoms with van der Waals surface area (Å²) in [6.07, 6.45) is 0. The number of anilines is 3. The van der Waals surface area contributed by atoms with Crippen LogP contribution in [-0.4, -0.2) is 0 Å². The largest absolute Gasteiger partial charge is 0.308 e. The first-order chi connectivity index (χ1) is 24.3. The Balaban J connectivity index is 1.22. The van der Waals surface area contributed by atoms with Crippen LogP contribution in [0.2, 0.25) is 0 Å². The Morgan fingerprint density at radius 1 is 0.347 bits per heavy atom. The van der Waals surface area contributed by atoms with Gasteiger partial charge in [-0.05, 0) is 69.9 Å². The van der Waals surface area contributed by atoms with E-state index in [1.807, 2.05) is 22.7 Å². The Kier molecular flexibility index (Phi) is 6.61. The molecule has 0 fully saturated rings. The summed E-state index contributed by atoms with van der Waals surface area (Å²) in [5, 5.41) is 7.75. The van der Waals surface area contributed by atoms with Crippen LogP contribution in [0.15, 0.2) is 176 Å². The number of para-hydroxylation sites is 1. The van der Waals surface area contributed by atoms with Crippen molar-refractivity contribution in [3.05, 3.63) is 176 Å². The second-order valence-electron chi connectivity index (χ2n) is 12.5. The molecule has 8 aromatic carbocycles. The molecule has 1 nitrogen and oxygen atoms in total. The van der Waals surface area contributed by atoms with E-state index in [2.05, 4.69) is 181 Å². The lowest BCUT2D eigenvalue weighted by atomic mass is 9.96. The van der Waals surface area contributed by atoms with Crippen molar-refractivity contribution >= 4 is 90.9 Å². The van der Waals surface area contributed by atoms with E-state index in [0.29, 0.717) is 0 Å². The standard InChI is InChI=1S/C46H29NS2/c1-2-14-33-30(12-1)13-9-18-34(33)31-26-28-32(29-27-31)47(41-22-10-20-38-36-16-4-7-23-42(36)49-46(38)41)40-21-6-3-15-35(40)37-19-11-25-44-45(37)39-17-5-8-24-43(39)48-44/h1-29H. The van der Waals surface area contributed by atoms with Crippen LogP contribution in [0.1, 0.15) is 0 Å². The zero-order chi connectivity index (χ0) is 32.3. The normalized spacial score (nSPS) is 11.7. The van der Waals surface area contributed by atoms with Gasteiger partial charge in [0.2, 0.25) is 0 Å². The summed E-state index contributed by atoms with van der Waals surface area (Å²) in [6, 6.07) is 64.4. The van der Waals surface area contributed by atoms with Crippen LogP contribution in [0, 0.1) is 0 Å². The van der Waals surface area contributed by atoms with Gasteiger partial charge in [0, 0.05) is 46.9 Å². The van der Waals surface area contributed by atoms with E-state index in [9.17, 15) is 0 Å². The number of thiophene rings is 2. The molecule has 10 rings (SSSR count). The van der Waals surface area contributed by atoms with Gasteiger partial charge < -0.3 is 4.90 Å². The molecule has 0 radical (unpaired) electrons. The van der Waals surface area contributed by atoms with Crippen molar-refractivity contribution in [2.75, 3.05) is 4.90 Å².